The topological polar surface area (TPSA) is 83.1 Å². The summed E-state index contributed by atoms with van der Waals surface area (Å²) in [6.45, 7) is 0. The van der Waals surface area contributed by atoms with Crippen molar-refractivity contribution < 1.29 is 9.66 Å². The second kappa shape index (κ2) is 6.33. The summed E-state index contributed by atoms with van der Waals surface area (Å²) in [4.78, 5) is 10.5. The minimum atomic E-state index is -0.492. The van der Waals surface area contributed by atoms with Crippen molar-refractivity contribution in [3.63, 3.8) is 0 Å². The molecule has 0 bridgehead atoms. The van der Waals surface area contributed by atoms with Crippen LogP contribution in [-0.2, 0) is 6.42 Å². The van der Waals surface area contributed by atoms with E-state index in [0.717, 1.165) is 18.5 Å². The molecule has 0 spiro atoms. The Balaban J connectivity index is 2.30. The van der Waals surface area contributed by atoms with Gasteiger partial charge in [-0.1, -0.05) is 5.21 Å². The van der Waals surface area contributed by atoms with E-state index in [1.807, 2.05) is 0 Å². The molecule has 8 heteroatoms. The Kier molecular flexibility index (Phi) is 4.52. The van der Waals surface area contributed by atoms with Gasteiger partial charge in [-0.2, -0.15) is 0 Å². The van der Waals surface area contributed by atoms with Crippen molar-refractivity contribution in [3.8, 4) is 11.4 Å². The van der Waals surface area contributed by atoms with Crippen LogP contribution in [0.15, 0.2) is 24.4 Å². The fourth-order valence-corrected chi connectivity index (χ4v) is 1.88. The SMILES string of the molecule is COc1ccc(-n2cc(CCCCl)nn2)cc1[N+](=O)[O-]. The number of aryl methyl sites for hydroxylation is 1. The molecule has 0 N–H and O–H groups in total. The van der Waals surface area contributed by atoms with Gasteiger partial charge in [0.2, 0.25) is 0 Å². The lowest BCUT2D eigenvalue weighted by Crippen LogP contribution is -1.99. The fourth-order valence-electron chi connectivity index (χ4n) is 1.75. The van der Waals surface area contributed by atoms with Gasteiger partial charge in [-0.3, -0.25) is 10.1 Å². The van der Waals surface area contributed by atoms with Crippen LogP contribution in [0.2, 0.25) is 0 Å². The predicted molar refractivity (Wildman–Crippen MR) is 73.6 cm³/mol. The molecule has 1 heterocycles. The molecule has 0 aliphatic rings. The molecule has 0 atom stereocenters. The number of benzene rings is 1. The molecule has 0 radical (unpaired) electrons. The minimum absolute atomic E-state index is 0.109. The number of aromatic nitrogens is 3. The second-order valence-corrected chi connectivity index (χ2v) is 4.44. The number of halogens is 1. The number of nitrogens with zero attached hydrogens (tertiary/aromatic N) is 4. The molecular weight excluding hydrogens is 284 g/mol. The molecule has 2 rings (SSSR count). The highest BCUT2D eigenvalue weighted by atomic mass is 35.5. The standard InChI is InChI=1S/C12H13ClN4O3/c1-20-12-5-4-10(7-11(12)17(18)19)16-8-9(14-15-16)3-2-6-13/h4-5,7-8H,2-3,6H2,1H3. The molecule has 1 aromatic carbocycles. The third kappa shape index (κ3) is 3.05. The number of rotatable bonds is 6. The van der Waals surface area contributed by atoms with Gasteiger partial charge in [0.15, 0.2) is 5.75 Å². The van der Waals surface area contributed by atoms with Crippen LogP contribution in [0.25, 0.3) is 5.69 Å². The van der Waals surface area contributed by atoms with Crippen LogP contribution in [0.5, 0.6) is 5.75 Å². The Hall–Kier alpha value is -2.15. The Morgan fingerprint density at radius 1 is 1.50 bits per heavy atom. The zero-order chi connectivity index (χ0) is 14.5. The summed E-state index contributed by atoms with van der Waals surface area (Å²) in [5, 5.41) is 18.9. The zero-order valence-corrected chi connectivity index (χ0v) is 11.6. The Labute approximate surface area is 120 Å². The van der Waals surface area contributed by atoms with Crippen LogP contribution in [0.1, 0.15) is 12.1 Å². The summed E-state index contributed by atoms with van der Waals surface area (Å²) in [6.07, 6.45) is 3.27. The largest absolute Gasteiger partial charge is 0.490 e. The van der Waals surface area contributed by atoms with E-state index in [-0.39, 0.29) is 11.4 Å². The van der Waals surface area contributed by atoms with Crippen LogP contribution in [0, 0.1) is 10.1 Å². The van der Waals surface area contributed by atoms with Gasteiger partial charge >= 0.3 is 5.69 Å². The molecule has 1 aromatic heterocycles. The Morgan fingerprint density at radius 2 is 2.30 bits per heavy atom. The van der Waals surface area contributed by atoms with E-state index < -0.39 is 4.92 Å². The highest BCUT2D eigenvalue weighted by Crippen LogP contribution is 2.28. The smallest absolute Gasteiger partial charge is 0.313 e. The van der Waals surface area contributed by atoms with E-state index in [1.165, 1.54) is 23.9 Å². The summed E-state index contributed by atoms with van der Waals surface area (Å²) in [5.41, 5.74) is 1.24. The van der Waals surface area contributed by atoms with Crippen molar-refractivity contribution in [1.29, 1.82) is 0 Å². The maximum atomic E-state index is 11.0. The average Bonchev–Trinajstić information content (AvgIpc) is 2.93. The molecule has 2 aromatic rings. The van der Waals surface area contributed by atoms with E-state index in [2.05, 4.69) is 10.3 Å². The first kappa shape index (κ1) is 14.3. The van der Waals surface area contributed by atoms with Crippen LogP contribution in [0.4, 0.5) is 5.69 Å². The van der Waals surface area contributed by atoms with Gasteiger partial charge in [0.05, 0.1) is 29.6 Å². The first-order valence-electron chi connectivity index (χ1n) is 5.95. The number of alkyl halides is 1. The van der Waals surface area contributed by atoms with Gasteiger partial charge in [-0.05, 0) is 25.0 Å². The molecule has 0 aliphatic heterocycles. The third-order valence-electron chi connectivity index (χ3n) is 2.73. The normalized spacial score (nSPS) is 10.5. The number of hydrogen-bond acceptors (Lipinski definition) is 5. The number of ether oxygens (including phenoxy) is 1. The van der Waals surface area contributed by atoms with Gasteiger partial charge in [-0.25, -0.2) is 4.68 Å². The molecule has 106 valence electrons. The molecular formula is C12H13ClN4O3. The molecule has 0 fully saturated rings. The summed E-state index contributed by atoms with van der Waals surface area (Å²) in [7, 11) is 1.39. The van der Waals surface area contributed by atoms with Crippen molar-refractivity contribution in [2.75, 3.05) is 13.0 Å². The second-order valence-electron chi connectivity index (χ2n) is 4.06. The first-order chi connectivity index (χ1) is 9.65. The summed E-state index contributed by atoms with van der Waals surface area (Å²) in [5.74, 6) is 0.766. The lowest BCUT2D eigenvalue weighted by molar-refractivity contribution is -0.385. The summed E-state index contributed by atoms with van der Waals surface area (Å²) < 4.78 is 6.45. The zero-order valence-electron chi connectivity index (χ0n) is 10.8. The Morgan fingerprint density at radius 3 is 2.95 bits per heavy atom. The third-order valence-corrected chi connectivity index (χ3v) is 3.00. The summed E-state index contributed by atoms with van der Waals surface area (Å²) in [6, 6.07) is 4.62. The van der Waals surface area contributed by atoms with Crippen molar-refractivity contribution in [1.82, 2.24) is 15.0 Å². The van der Waals surface area contributed by atoms with Gasteiger partial charge < -0.3 is 4.74 Å². The average molecular weight is 297 g/mol. The van der Waals surface area contributed by atoms with Crippen LogP contribution >= 0.6 is 11.6 Å². The minimum Gasteiger partial charge on any atom is -0.490 e. The number of methoxy groups -OCH3 is 1. The molecule has 0 amide bonds. The molecule has 20 heavy (non-hydrogen) atoms. The molecule has 0 saturated carbocycles. The number of hydrogen-bond donors (Lipinski definition) is 0. The van der Waals surface area contributed by atoms with E-state index in [0.29, 0.717) is 11.6 Å². The quantitative estimate of drug-likeness (QED) is 0.464. The van der Waals surface area contributed by atoms with Gasteiger partial charge in [0.25, 0.3) is 0 Å². The van der Waals surface area contributed by atoms with Crippen LogP contribution in [0.3, 0.4) is 0 Å². The molecule has 7 nitrogen and oxygen atoms in total. The van der Waals surface area contributed by atoms with Crippen LogP contribution < -0.4 is 4.74 Å². The Bertz CT molecular complexity index is 614. The highest BCUT2D eigenvalue weighted by Gasteiger charge is 2.16. The number of nitro benzene ring substituents is 1. The predicted octanol–water partition coefficient (Wildman–Crippen LogP) is 2.36. The molecule has 0 unspecified atom stereocenters. The van der Waals surface area contributed by atoms with Gasteiger partial charge in [0.1, 0.15) is 0 Å². The maximum absolute atomic E-state index is 11.0. The fraction of sp³-hybridized carbons (Fsp3) is 0.333. The first-order valence-corrected chi connectivity index (χ1v) is 6.49. The van der Waals surface area contributed by atoms with Crippen LogP contribution in [-0.4, -0.2) is 32.9 Å². The highest BCUT2D eigenvalue weighted by molar-refractivity contribution is 6.17. The lowest BCUT2D eigenvalue weighted by Gasteiger charge is -2.04. The summed E-state index contributed by atoms with van der Waals surface area (Å²) >= 11 is 5.62. The van der Waals surface area contributed by atoms with Gasteiger partial charge in [-0.15, -0.1) is 16.7 Å². The van der Waals surface area contributed by atoms with Crippen molar-refractivity contribution in [3.05, 3.63) is 40.2 Å². The van der Waals surface area contributed by atoms with E-state index in [4.69, 9.17) is 16.3 Å². The molecule has 0 saturated heterocycles. The van der Waals surface area contributed by atoms with E-state index in [1.54, 1.807) is 12.3 Å². The van der Waals surface area contributed by atoms with E-state index >= 15 is 0 Å². The van der Waals surface area contributed by atoms with Crippen molar-refractivity contribution in [2.24, 2.45) is 0 Å². The van der Waals surface area contributed by atoms with E-state index in [9.17, 15) is 10.1 Å². The molecule has 0 aliphatic carbocycles. The number of nitro groups is 1. The van der Waals surface area contributed by atoms with Gasteiger partial charge in [0, 0.05) is 11.9 Å². The monoisotopic (exact) mass is 296 g/mol. The maximum Gasteiger partial charge on any atom is 0.313 e. The van der Waals surface area contributed by atoms with Crippen molar-refractivity contribution in [2.45, 2.75) is 12.8 Å². The lowest BCUT2D eigenvalue weighted by atomic mass is 10.2. The van der Waals surface area contributed by atoms with Crippen molar-refractivity contribution >= 4 is 17.3 Å².